The molecule has 0 aliphatic heterocycles. The molecule has 20 heavy (non-hydrogen) atoms. The van der Waals surface area contributed by atoms with Gasteiger partial charge in [-0.15, -0.1) is 0 Å². The Morgan fingerprint density at radius 3 is 2.50 bits per heavy atom. The molecule has 1 aromatic carbocycles. The molecule has 2 aromatic rings. The summed E-state index contributed by atoms with van der Waals surface area (Å²) in [5.74, 6) is -0.193. The van der Waals surface area contributed by atoms with E-state index in [-0.39, 0.29) is 24.2 Å². The van der Waals surface area contributed by atoms with Gasteiger partial charge in [-0.3, -0.25) is 19.8 Å². The fourth-order valence-electron chi connectivity index (χ4n) is 1.66. The zero-order chi connectivity index (χ0) is 14.5. The van der Waals surface area contributed by atoms with Crippen molar-refractivity contribution < 1.29 is 9.53 Å². The average molecular weight is 275 g/mol. The first-order chi connectivity index (χ1) is 9.54. The molecule has 0 saturated carbocycles. The number of benzene rings is 1. The van der Waals surface area contributed by atoms with Gasteiger partial charge < -0.3 is 10.1 Å². The van der Waals surface area contributed by atoms with Gasteiger partial charge in [-0.1, -0.05) is 12.1 Å². The zero-order valence-corrected chi connectivity index (χ0v) is 11.4. The van der Waals surface area contributed by atoms with Crippen molar-refractivity contribution in [1.29, 1.82) is 0 Å². The van der Waals surface area contributed by atoms with Crippen LogP contribution in [0.15, 0.2) is 35.1 Å². The van der Waals surface area contributed by atoms with Crippen molar-refractivity contribution in [2.24, 2.45) is 0 Å². The third-order valence-electron chi connectivity index (χ3n) is 2.62. The van der Waals surface area contributed by atoms with Gasteiger partial charge in [-0.05, 0) is 31.5 Å². The molecule has 0 aliphatic carbocycles. The predicted molar refractivity (Wildman–Crippen MR) is 76.6 cm³/mol. The molecule has 6 heteroatoms. The Balaban J connectivity index is 1.98. The van der Waals surface area contributed by atoms with Crippen LogP contribution in [0.1, 0.15) is 13.8 Å². The molecule has 6 nitrogen and oxygen atoms in total. The number of aromatic nitrogens is 2. The second kappa shape index (κ2) is 6.21. The lowest BCUT2D eigenvalue weighted by molar-refractivity contribution is -0.121. The molecule has 0 unspecified atom stereocenters. The minimum absolute atomic E-state index is 0.0218. The smallest absolute Gasteiger partial charge is 0.264 e. The largest absolute Gasteiger partial charge is 0.369 e. The van der Waals surface area contributed by atoms with Crippen molar-refractivity contribution in [3.05, 3.63) is 40.7 Å². The van der Waals surface area contributed by atoms with Gasteiger partial charge >= 0.3 is 0 Å². The Kier molecular flexibility index (Phi) is 4.37. The third-order valence-corrected chi connectivity index (χ3v) is 2.62. The number of rotatable bonds is 5. The molecular weight excluding hydrogens is 258 g/mol. The Morgan fingerprint density at radius 1 is 1.25 bits per heavy atom. The highest BCUT2D eigenvalue weighted by molar-refractivity contribution is 5.91. The summed E-state index contributed by atoms with van der Waals surface area (Å²) in [5.41, 5.74) is 2.07. The van der Waals surface area contributed by atoms with Gasteiger partial charge in [0.25, 0.3) is 5.56 Å². The molecule has 1 aromatic heterocycles. The first-order valence-corrected chi connectivity index (χ1v) is 6.34. The predicted octanol–water partition coefficient (Wildman–Crippen LogP) is 1.73. The van der Waals surface area contributed by atoms with Crippen molar-refractivity contribution in [2.45, 2.75) is 20.0 Å². The average Bonchev–Trinajstić information content (AvgIpc) is 2.84. The number of carbonyl (C=O) groups excluding carboxylic acids is 1. The molecule has 0 spiro atoms. The summed E-state index contributed by atoms with van der Waals surface area (Å²) in [6.45, 7) is 3.78. The minimum atomic E-state index is -0.193. The lowest BCUT2D eigenvalue weighted by atomic mass is 10.1. The summed E-state index contributed by atoms with van der Waals surface area (Å²) in [6.07, 6.45) is 0.0218. The van der Waals surface area contributed by atoms with E-state index in [1.165, 1.54) is 6.07 Å². The van der Waals surface area contributed by atoms with E-state index in [9.17, 15) is 9.59 Å². The molecule has 1 amide bonds. The lowest BCUT2D eigenvalue weighted by Crippen LogP contribution is -2.20. The van der Waals surface area contributed by atoms with E-state index < -0.39 is 0 Å². The lowest BCUT2D eigenvalue weighted by Gasteiger charge is -2.08. The normalized spacial score (nSPS) is 10.8. The van der Waals surface area contributed by atoms with Crippen molar-refractivity contribution >= 4 is 11.6 Å². The third kappa shape index (κ3) is 3.83. The van der Waals surface area contributed by atoms with Gasteiger partial charge in [0.2, 0.25) is 5.91 Å². The van der Waals surface area contributed by atoms with Crippen LogP contribution in [-0.4, -0.2) is 28.8 Å². The van der Waals surface area contributed by atoms with Crippen LogP contribution in [0, 0.1) is 0 Å². The van der Waals surface area contributed by atoms with E-state index in [1.54, 1.807) is 12.1 Å². The standard InChI is InChI=1S/C14H17N3O3/c1-9(2)20-8-14(19)15-11-5-3-10(4-6-11)12-7-13(18)17-16-12/h3-7,9H,8H2,1-2H3,(H,15,19)(H2,16,17,18). The van der Waals surface area contributed by atoms with Crippen LogP contribution in [0.5, 0.6) is 0 Å². The van der Waals surface area contributed by atoms with Crippen molar-refractivity contribution in [1.82, 2.24) is 10.2 Å². The summed E-state index contributed by atoms with van der Waals surface area (Å²) in [4.78, 5) is 22.6. The quantitative estimate of drug-likeness (QED) is 0.776. The Hall–Kier alpha value is -2.34. The zero-order valence-electron chi connectivity index (χ0n) is 11.4. The topological polar surface area (TPSA) is 87.0 Å². The van der Waals surface area contributed by atoms with E-state index in [0.29, 0.717) is 11.4 Å². The molecule has 2 rings (SSSR count). The summed E-state index contributed by atoms with van der Waals surface area (Å²) >= 11 is 0. The number of carbonyl (C=O) groups is 1. The first kappa shape index (κ1) is 14.1. The fraction of sp³-hybridized carbons (Fsp3) is 0.286. The highest BCUT2D eigenvalue weighted by Crippen LogP contribution is 2.17. The molecule has 3 N–H and O–H groups in total. The number of hydrogen-bond donors (Lipinski definition) is 3. The van der Waals surface area contributed by atoms with Gasteiger partial charge in [0.15, 0.2) is 0 Å². The molecule has 0 fully saturated rings. The van der Waals surface area contributed by atoms with Crippen LogP contribution < -0.4 is 10.9 Å². The van der Waals surface area contributed by atoms with Gasteiger partial charge in [0, 0.05) is 11.8 Å². The highest BCUT2D eigenvalue weighted by atomic mass is 16.5. The number of hydrogen-bond acceptors (Lipinski definition) is 3. The van der Waals surface area contributed by atoms with Crippen LogP contribution in [0.3, 0.4) is 0 Å². The molecule has 0 bridgehead atoms. The van der Waals surface area contributed by atoms with Gasteiger partial charge in [0.05, 0.1) is 11.8 Å². The fourth-order valence-corrected chi connectivity index (χ4v) is 1.66. The van der Waals surface area contributed by atoms with E-state index in [2.05, 4.69) is 15.5 Å². The van der Waals surface area contributed by atoms with Gasteiger partial charge in [-0.25, -0.2) is 0 Å². The number of ether oxygens (including phenoxy) is 1. The molecule has 106 valence electrons. The van der Waals surface area contributed by atoms with E-state index in [0.717, 1.165) is 5.56 Å². The number of nitrogens with one attached hydrogen (secondary N) is 3. The van der Waals surface area contributed by atoms with Crippen LogP contribution in [0.2, 0.25) is 0 Å². The number of H-pyrrole nitrogens is 2. The summed E-state index contributed by atoms with van der Waals surface area (Å²) in [7, 11) is 0. The monoisotopic (exact) mass is 275 g/mol. The molecule has 0 saturated heterocycles. The minimum Gasteiger partial charge on any atom is -0.369 e. The first-order valence-electron chi connectivity index (χ1n) is 6.34. The van der Waals surface area contributed by atoms with E-state index in [1.807, 2.05) is 26.0 Å². The van der Waals surface area contributed by atoms with Crippen molar-refractivity contribution in [2.75, 3.05) is 11.9 Å². The van der Waals surface area contributed by atoms with E-state index in [4.69, 9.17) is 4.74 Å². The van der Waals surface area contributed by atoms with Crippen molar-refractivity contribution in [3.8, 4) is 11.3 Å². The SMILES string of the molecule is CC(C)OCC(=O)Nc1ccc(-c2cc(=O)[nH][nH]2)cc1. The van der Waals surface area contributed by atoms with Gasteiger partial charge in [0.1, 0.15) is 6.61 Å². The Labute approximate surface area is 116 Å². The number of anilines is 1. The molecule has 0 atom stereocenters. The van der Waals surface area contributed by atoms with Gasteiger partial charge in [-0.2, -0.15) is 0 Å². The Bertz CT molecular complexity index is 626. The maximum Gasteiger partial charge on any atom is 0.264 e. The summed E-state index contributed by atoms with van der Waals surface area (Å²) < 4.78 is 5.22. The molecule has 1 heterocycles. The number of aromatic amines is 2. The maximum atomic E-state index is 11.6. The second-order valence-electron chi connectivity index (χ2n) is 4.66. The van der Waals surface area contributed by atoms with E-state index >= 15 is 0 Å². The van der Waals surface area contributed by atoms with Crippen molar-refractivity contribution in [3.63, 3.8) is 0 Å². The van der Waals surface area contributed by atoms with Crippen LogP contribution >= 0.6 is 0 Å². The number of amides is 1. The van der Waals surface area contributed by atoms with Crippen LogP contribution in [0.25, 0.3) is 11.3 Å². The molecule has 0 aliphatic rings. The summed E-state index contributed by atoms with van der Waals surface area (Å²) in [6, 6.07) is 8.65. The van der Waals surface area contributed by atoms with Crippen LogP contribution in [-0.2, 0) is 9.53 Å². The molecular formula is C14H17N3O3. The Morgan fingerprint density at radius 2 is 1.95 bits per heavy atom. The highest BCUT2D eigenvalue weighted by Gasteiger charge is 2.05. The summed E-state index contributed by atoms with van der Waals surface area (Å²) in [5, 5.41) is 7.98. The van der Waals surface area contributed by atoms with Crippen LogP contribution in [0.4, 0.5) is 5.69 Å². The second-order valence-corrected chi connectivity index (χ2v) is 4.66. The molecule has 0 radical (unpaired) electrons. The maximum absolute atomic E-state index is 11.6.